The van der Waals surface area contributed by atoms with Crippen molar-refractivity contribution >= 4 is 0 Å². The average molecular weight is 336 g/mol. The lowest BCUT2D eigenvalue weighted by Crippen LogP contribution is -2.23. The number of hydrogen-bond acceptors (Lipinski definition) is 3. The Morgan fingerprint density at radius 2 is 2.00 bits per heavy atom. The van der Waals surface area contributed by atoms with Crippen molar-refractivity contribution in [2.45, 2.75) is 32.4 Å². The standard InChI is InChI=1S/C20H21FN4/c1-15-22-11-13-25(15)20-6-2-4-18(23-20)19-5-3-12-24(19)14-16-7-9-17(21)10-8-16/h2,4,6-11,13,19H,3,5,12,14H2,1H3/t19-/m1/s1. The van der Waals surface area contributed by atoms with E-state index in [9.17, 15) is 4.39 Å². The maximum atomic E-state index is 13.1. The smallest absolute Gasteiger partial charge is 0.138 e. The maximum Gasteiger partial charge on any atom is 0.138 e. The molecule has 5 heteroatoms. The van der Waals surface area contributed by atoms with Gasteiger partial charge in [-0.3, -0.25) is 9.47 Å². The molecule has 1 fully saturated rings. The van der Waals surface area contributed by atoms with Crippen molar-refractivity contribution in [3.8, 4) is 5.82 Å². The molecule has 0 radical (unpaired) electrons. The molecule has 0 spiro atoms. The number of aromatic nitrogens is 3. The molecule has 3 heterocycles. The van der Waals surface area contributed by atoms with Gasteiger partial charge in [0.2, 0.25) is 0 Å². The summed E-state index contributed by atoms with van der Waals surface area (Å²) in [6, 6.07) is 13.3. The summed E-state index contributed by atoms with van der Waals surface area (Å²) in [4.78, 5) is 11.6. The van der Waals surface area contributed by atoms with E-state index in [1.165, 1.54) is 12.1 Å². The first-order valence-corrected chi connectivity index (χ1v) is 8.66. The van der Waals surface area contributed by atoms with Gasteiger partial charge in [-0.1, -0.05) is 18.2 Å². The Balaban J connectivity index is 1.58. The molecule has 0 N–H and O–H groups in total. The average Bonchev–Trinajstić information content (AvgIpc) is 3.26. The van der Waals surface area contributed by atoms with Crippen molar-refractivity contribution in [1.82, 2.24) is 19.4 Å². The van der Waals surface area contributed by atoms with Gasteiger partial charge in [0.15, 0.2) is 0 Å². The Labute approximate surface area is 147 Å². The minimum atomic E-state index is -0.188. The van der Waals surface area contributed by atoms with Crippen molar-refractivity contribution in [3.63, 3.8) is 0 Å². The zero-order valence-electron chi connectivity index (χ0n) is 14.3. The highest BCUT2D eigenvalue weighted by molar-refractivity contribution is 5.28. The third-order valence-corrected chi connectivity index (χ3v) is 4.83. The molecule has 0 aliphatic carbocycles. The van der Waals surface area contributed by atoms with Gasteiger partial charge in [-0.2, -0.15) is 0 Å². The lowest BCUT2D eigenvalue weighted by Gasteiger charge is -2.24. The van der Waals surface area contributed by atoms with E-state index in [2.05, 4.69) is 22.0 Å². The van der Waals surface area contributed by atoms with E-state index in [1.54, 1.807) is 6.20 Å². The molecular formula is C20H21FN4. The van der Waals surface area contributed by atoms with E-state index in [4.69, 9.17) is 4.98 Å². The molecule has 1 aliphatic rings. The largest absolute Gasteiger partial charge is 0.291 e. The van der Waals surface area contributed by atoms with Crippen LogP contribution in [0, 0.1) is 12.7 Å². The molecule has 1 aromatic carbocycles. The first-order chi connectivity index (χ1) is 12.2. The summed E-state index contributed by atoms with van der Waals surface area (Å²) < 4.78 is 15.1. The fourth-order valence-electron chi connectivity index (χ4n) is 3.55. The summed E-state index contributed by atoms with van der Waals surface area (Å²) in [5, 5.41) is 0. The van der Waals surface area contributed by atoms with Crippen molar-refractivity contribution in [3.05, 3.63) is 77.8 Å². The van der Waals surface area contributed by atoms with Gasteiger partial charge in [0, 0.05) is 18.9 Å². The predicted octanol–water partition coefficient (Wildman–Crippen LogP) is 4.05. The third kappa shape index (κ3) is 3.33. The van der Waals surface area contributed by atoms with E-state index < -0.39 is 0 Å². The van der Waals surface area contributed by atoms with Crippen LogP contribution in [0.25, 0.3) is 5.82 Å². The van der Waals surface area contributed by atoms with Crippen LogP contribution in [-0.4, -0.2) is 26.0 Å². The van der Waals surface area contributed by atoms with E-state index >= 15 is 0 Å². The minimum Gasteiger partial charge on any atom is -0.291 e. The molecule has 0 amide bonds. The van der Waals surface area contributed by atoms with Gasteiger partial charge in [0.1, 0.15) is 17.5 Å². The Kier molecular flexibility index (Phi) is 4.32. The fraction of sp³-hybridized carbons (Fsp3) is 0.300. The number of benzene rings is 1. The van der Waals surface area contributed by atoms with Crippen molar-refractivity contribution in [2.75, 3.05) is 6.54 Å². The van der Waals surface area contributed by atoms with Crippen LogP contribution in [0.4, 0.5) is 4.39 Å². The molecule has 4 rings (SSSR count). The highest BCUT2D eigenvalue weighted by Gasteiger charge is 2.27. The molecule has 2 aromatic heterocycles. The highest BCUT2D eigenvalue weighted by atomic mass is 19.1. The number of imidazole rings is 1. The molecule has 3 aromatic rings. The Morgan fingerprint density at radius 1 is 1.16 bits per heavy atom. The van der Waals surface area contributed by atoms with E-state index in [-0.39, 0.29) is 5.82 Å². The molecule has 0 bridgehead atoms. The Hall–Kier alpha value is -2.53. The first kappa shape index (κ1) is 16.0. The molecule has 25 heavy (non-hydrogen) atoms. The van der Waals surface area contributed by atoms with E-state index in [0.29, 0.717) is 6.04 Å². The van der Waals surface area contributed by atoms with Gasteiger partial charge in [-0.05, 0) is 56.1 Å². The molecule has 0 unspecified atom stereocenters. The Morgan fingerprint density at radius 3 is 2.76 bits per heavy atom. The number of likely N-dealkylation sites (tertiary alicyclic amines) is 1. The van der Waals surface area contributed by atoms with Crippen molar-refractivity contribution < 1.29 is 4.39 Å². The van der Waals surface area contributed by atoms with Crippen LogP contribution in [0.15, 0.2) is 54.9 Å². The number of nitrogens with zero attached hydrogens (tertiary/aromatic N) is 4. The van der Waals surface area contributed by atoms with E-state index in [0.717, 1.165) is 48.8 Å². The van der Waals surface area contributed by atoms with Crippen LogP contribution in [0.3, 0.4) is 0 Å². The van der Waals surface area contributed by atoms with Crippen LogP contribution in [0.5, 0.6) is 0 Å². The van der Waals surface area contributed by atoms with Crippen LogP contribution >= 0.6 is 0 Å². The zero-order chi connectivity index (χ0) is 17.2. The fourth-order valence-corrected chi connectivity index (χ4v) is 3.55. The normalized spacial score (nSPS) is 17.9. The van der Waals surface area contributed by atoms with Crippen molar-refractivity contribution in [1.29, 1.82) is 0 Å². The topological polar surface area (TPSA) is 34.0 Å². The molecular weight excluding hydrogens is 315 g/mol. The monoisotopic (exact) mass is 336 g/mol. The van der Waals surface area contributed by atoms with Gasteiger partial charge >= 0.3 is 0 Å². The molecule has 4 nitrogen and oxygen atoms in total. The second-order valence-corrected chi connectivity index (χ2v) is 6.52. The number of rotatable bonds is 4. The Bertz CT molecular complexity index is 856. The van der Waals surface area contributed by atoms with Crippen molar-refractivity contribution in [2.24, 2.45) is 0 Å². The molecule has 128 valence electrons. The third-order valence-electron chi connectivity index (χ3n) is 4.83. The van der Waals surface area contributed by atoms with Crippen LogP contribution in [0.1, 0.15) is 36.0 Å². The quantitative estimate of drug-likeness (QED) is 0.721. The number of pyridine rings is 1. The summed E-state index contributed by atoms with van der Waals surface area (Å²) in [7, 11) is 0. The van der Waals surface area contributed by atoms with Crippen LogP contribution in [-0.2, 0) is 6.54 Å². The highest BCUT2D eigenvalue weighted by Crippen LogP contribution is 2.32. The second-order valence-electron chi connectivity index (χ2n) is 6.52. The summed E-state index contributed by atoms with van der Waals surface area (Å²) in [5.41, 5.74) is 2.22. The molecule has 1 atom stereocenters. The second kappa shape index (κ2) is 6.76. The van der Waals surface area contributed by atoms with Gasteiger partial charge < -0.3 is 0 Å². The van der Waals surface area contributed by atoms with Gasteiger partial charge in [-0.15, -0.1) is 0 Å². The lowest BCUT2D eigenvalue weighted by atomic mass is 10.1. The summed E-state index contributed by atoms with van der Waals surface area (Å²) in [6.45, 7) is 3.84. The maximum absolute atomic E-state index is 13.1. The number of hydrogen-bond donors (Lipinski definition) is 0. The van der Waals surface area contributed by atoms with Gasteiger partial charge in [0.25, 0.3) is 0 Å². The van der Waals surface area contributed by atoms with E-state index in [1.807, 2.05) is 35.9 Å². The zero-order valence-corrected chi connectivity index (χ0v) is 14.3. The number of aryl methyl sites for hydroxylation is 1. The summed E-state index contributed by atoms with van der Waals surface area (Å²) in [6.07, 6.45) is 5.98. The SMILES string of the molecule is Cc1nccn1-c1cccc([C@H]2CCCN2Cc2ccc(F)cc2)n1. The number of halogens is 1. The summed E-state index contributed by atoms with van der Waals surface area (Å²) >= 11 is 0. The molecule has 0 saturated carbocycles. The summed E-state index contributed by atoms with van der Waals surface area (Å²) in [5.74, 6) is 1.65. The van der Waals surface area contributed by atoms with Gasteiger partial charge in [0.05, 0.1) is 11.7 Å². The van der Waals surface area contributed by atoms with Crippen LogP contribution < -0.4 is 0 Å². The van der Waals surface area contributed by atoms with Crippen LogP contribution in [0.2, 0.25) is 0 Å². The minimum absolute atomic E-state index is 0.188. The van der Waals surface area contributed by atoms with Gasteiger partial charge in [-0.25, -0.2) is 14.4 Å². The predicted molar refractivity (Wildman–Crippen MR) is 94.9 cm³/mol. The lowest BCUT2D eigenvalue weighted by molar-refractivity contribution is 0.244. The molecule has 1 aliphatic heterocycles. The molecule has 1 saturated heterocycles. The first-order valence-electron chi connectivity index (χ1n) is 8.66.